The first-order chi connectivity index (χ1) is 12.3. The number of anilines is 1. The number of benzene rings is 1. The number of aromatic nitrogens is 3. The van der Waals surface area contributed by atoms with Gasteiger partial charge < -0.3 is 4.90 Å². The van der Waals surface area contributed by atoms with E-state index in [0.717, 1.165) is 30.4 Å². The van der Waals surface area contributed by atoms with Crippen molar-refractivity contribution in [3.63, 3.8) is 0 Å². The zero-order chi connectivity index (χ0) is 17.1. The Hall–Kier alpha value is -2.31. The Labute approximate surface area is 162 Å². The molecule has 0 saturated heterocycles. The van der Waals surface area contributed by atoms with E-state index in [1.54, 1.807) is 23.0 Å². The number of fused-ring (bicyclic) bond motifs is 1. The van der Waals surface area contributed by atoms with Gasteiger partial charge in [0.2, 0.25) is 5.95 Å². The van der Waals surface area contributed by atoms with Crippen molar-refractivity contribution in [2.75, 3.05) is 23.7 Å². The third-order valence-corrected chi connectivity index (χ3v) is 5.21. The van der Waals surface area contributed by atoms with Crippen molar-refractivity contribution in [1.82, 2.24) is 14.5 Å². The largest absolute Gasteiger partial charge is 0.340 e. The molecule has 0 bridgehead atoms. The van der Waals surface area contributed by atoms with Crippen LogP contribution in [0.5, 0.6) is 0 Å². The average molecular weight is 387 g/mol. The van der Waals surface area contributed by atoms with Gasteiger partial charge in [-0.3, -0.25) is 14.3 Å². The van der Waals surface area contributed by atoms with Gasteiger partial charge >= 0.3 is 0 Å². The molecule has 134 valence electrons. The number of pyridine rings is 1. The predicted molar refractivity (Wildman–Crippen MR) is 108 cm³/mol. The van der Waals surface area contributed by atoms with E-state index in [9.17, 15) is 4.79 Å². The minimum absolute atomic E-state index is 0. The normalized spacial score (nSPS) is 12.5. The summed E-state index contributed by atoms with van der Waals surface area (Å²) in [6.45, 7) is 2.40. The molecule has 5 nitrogen and oxygen atoms in total. The average Bonchev–Trinajstić information content (AvgIpc) is 3.07. The van der Waals surface area contributed by atoms with Crippen LogP contribution < -0.4 is 10.5 Å². The second-order valence-corrected chi connectivity index (χ2v) is 6.98. The van der Waals surface area contributed by atoms with Crippen molar-refractivity contribution >= 4 is 30.1 Å². The molecule has 1 aliphatic rings. The van der Waals surface area contributed by atoms with Crippen molar-refractivity contribution in [3.8, 4) is 11.3 Å². The fourth-order valence-corrected chi connectivity index (χ4v) is 3.84. The number of hydrogen-bond acceptors (Lipinski definition) is 5. The lowest BCUT2D eigenvalue weighted by Gasteiger charge is -2.17. The van der Waals surface area contributed by atoms with Crippen LogP contribution in [0.25, 0.3) is 11.3 Å². The maximum Gasteiger partial charge on any atom is 0.255 e. The van der Waals surface area contributed by atoms with E-state index in [4.69, 9.17) is 4.98 Å². The van der Waals surface area contributed by atoms with Gasteiger partial charge in [0.1, 0.15) is 0 Å². The van der Waals surface area contributed by atoms with Crippen molar-refractivity contribution in [3.05, 3.63) is 71.3 Å². The topological polar surface area (TPSA) is 51.0 Å². The quantitative estimate of drug-likeness (QED) is 0.629. The summed E-state index contributed by atoms with van der Waals surface area (Å²) in [7, 11) is 0. The summed E-state index contributed by atoms with van der Waals surface area (Å²) < 4.78 is 1.76. The van der Waals surface area contributed by atoms with Crippen molar-refractivity contribution < 1.29 is 0 Å². The number of thioether (sulfide) groups is 1. The van der Waals surface area contributed by atoms with E-state index in [2.05, 4.69) is 34.1 Å². The van der Waals surface area contributed by atoms with Gasteiger partial charge in [-0.05, 0) is 24.3 Å². The van der Waals surface area contributed by atoms with Crippen molar-refractivity contribution in [1.29, 1.82) is 0 Å². The van der Waals surface area contributed by atoms with Crippen LogP contribution in [0.15, 0.2) is 70.6 Å². The second-order valence-electron chi connectivity index (χ2n) is 5.82. The fraction of sp³-hybridized carbons (Fsp3) is 0.211. The third-order valence-electron chi connectivity index (χ3n) is 4.21. The lowest BCUT2D eigenvalue weighted by molar-refractivity contribution is 0.753. The number of hydrogen-bond donors (Lipinski definition) is 0. The van der Waals surface area contributed by atoms with Crippen LogP contribution in [-0.2, 0) is 6.54 Å². The summed E-state index contributed by atoms with van der Waals surface area (Å²) in [6, 6.07) is 15.7. The van der Waals surface area contributed by atoms with Crippen molar-refractivity contribution in [2.45, 2.75) is 11.4 Å². The maximum atomic E-state index is 12.4. The summed E-state index contributed by atoms with van der Waals surface area (Å²) in [5.41, 5.74) is 1.64. The monoisotopic (exact) mass is 386 g/mol. The molecule has 3 aromatic rings. The molecule has 1 aliphatic heterocycles. The molecule has 0 spiro atoms. The summed E-state index contributed by atoms with van der Waals surface area (Å²) in [5.74, 6) is 1.73. The predicted octanol–water partition coefficient (Wildman–Crippen LogP) is 3.34. The first-order valence-electron chi connectivity index (χ1n) is 8.26. The van der Waals surface area contributed by atoms with Crippen LogP contribution in [0.1, 0.15) is 0 Å². The Balaban J connectivity index is 0.00000196. The standard InChI is InChI=1S/C19H18N4OS.ClH/c24-18-14-17(15-6-8-20-9-7-15)21-19-22(10-11-23(18)19)12-13-25-16-4-2-1-3-5-16;/h1-9,14H,10-13H2;1H. The van der Waals surface area contributed by atoms with Gasteiger partial charge in [-0.2, -0.15) is 0 Å². The van der Waals surface area contributed by atoms with Crippen LogP contribution in [0.2, 0.25) is 0 Å². The zero-order valence-corrected chi connectivity index (χ0v) is 15.7. The molecule has 0 saturated carbocycles. The molecule has 0 N–H and O–H groups in total. The third kappa shape index (κ3) is 3.92. The molecule has 2 aromatic heterocycles. The van der Waals surface area contributed by atoms with E-state index in [0.29, 0.717) is 12.2 Å². The summed E-state index contributed by atoms with van der Waals surface area (Å²) >= 11 is 1.82. The molecule has 0 aliphatic carbocycles. The molecule has 3 heterocycles. The zero-order valence-electron chi connectivity index (χ0n) is 14.1. The van der Waals surface area contributed by atoms with E-state index in [1.165, 1.54) is 4.90 Å². The van der Waals surface area contributed by atoms with Gasteiger partial charge in [0, 0.05) is 54.3 Å². The van der Waals surface area contributed by atoms with E-state index >= 15 is 0 Å². The van der Waals surface area contributed by atoms with Gasteiger partial charge in [0.25, 0.3) is 5.56 Å². The molecule has 0 atom stereocenters. The molecule has 0 unspecified atom stereocenters. The smallest absolute Gasteiger partial charge is 0.255 e. The molecule has 4 rings (SSSR count). The Morgan fingerprint density at radius 2 is 1.81 bits per heavy atom. The van der Waals surface area contributed by atoms with Gasteiger partial charge in [0.15, 0.2) is 0 Å². The Morgan fingerprint density at radius 3 is 2.58 bits per heavy atom. The van der Waals surface area contributed by atoms with Crippen LogP contribution >= 0.6 is 24.2 Å². The first kappa shape index (κ1) is 18.5. The SMILES string of the molecule is Cl.O=c1cc(-c2ccncc2)nc2n1CCN2CCSc1ccccc1. The van der Waals surface area contributed by atoms with E-state index in [-0.39, 0.29) is 18.0 Å². The van der Waals surface area contributed by atoms with Crippen LogP contribution in [-0.4, -0.2) is 33.4 Å². The van der Waals surface area contributed by atoms with Crippen LogP contribution in [0.3, 0.4) is 0 Å². The molecule has 0 radical (unpaired) electrons. The van der Waals surface area contributed by atoms with Crippen molar-refractivity contribution in [2.24, 2.45) is 0 Å². The highest BCUT2D eigenvalue weighted by Crippen LogP contribution is 2.23. The summed E-state index contributed by atoms with van der Waals surface area (Å²) in [6.07, 6.45) is 3.44. The van der Waals surface area contributed by atoms with Gasteiger partial charge in [0.05, 0.1) is 5.69 Å². The van der Waals surface area contributed by atoms with Gasteiger partial charge in [-0.15, -0.1) is 24.2 Å². The minimum atomic E-state index is 0. The first-order valence-corrected chi connectivity index (χ1v) is 9.25. The van der Waals surface area contributed by atoms with Crippen LogP contribution in [0.4, 0.5) is 5.95 Å². The molecular weight excluding hydrogens is 368 g/mol. The summed E-state index contributed by atoms with van der Waals surface area (Å²) in [5, 5.41) is 0. The highest BCUT2D eigenvalue weighted by Gasteiger charge is 2.22. The maximum absolute atomic E-state index is 12.4. The Morgan fingerprint density at radius 1 is 1.04 bits per heavy atom. The summed E-state index contributed by atoms with van der Waals surface area (Å²) in [4.78, 5) is 24.6. The minimum Gasteiger partial charge on any atom is -0.340 e. The van der Waals surface area contributed by atoms with E-state index in [1.807, 2.05) is 30.0 Å². The Bertz CT molecular complexity index is 918. The molecule has 0 amide bonds. The number of rotatable bonds is 5. The van der Waals surface area contributed by atoms with Crippen LogP contribution in [0, 0.1) is 0 Å². The van der Waals surface area contributed by atoms with Gasteiger partial charge in [-0.25, -0.2) is 4.98 Å². The molecule has 7 heteroatoms. The lowest BCUT2D eigenvalue weighted by atomic mass is 10.2. The second kappa shape index (κ2) is 8.38. The molecule has 1 aromatic carbocycles. The molecule has 0 fully saturated rings. The highest BCUT2D eigenvalue weighted by atomic mass is 35.5. The van der Waals surface area contributed by atoms with E-state index < -0.39 is 0 Å². The number of halogens is 1. The lowest BCUT2D eigenvalue weighted by Crippen LogP contribution is -2.25. The molecular formula is C19H19ClN4OS. The number of nitrogens with zero attached hydrogens (tertiary/aromatic N) is 4. The Kier molecular flexibility index (Phi) is 5.96. The highest BCUT2D eigenvalue weighted by molar-refractivity contribution is 7.99. The molecule has 26 heavy (non-hydrogen) atoms. The van der Waals surface area contributed by atoms with Gasteiger partial charge in [-0.1, -0.05) is 18.2 Å². The fourth-order valence-electron chi connectivity index (χ4n) is 2.94.